The number of amides is 3. The molecule has 2 N–H and O–H groups in total. The molecule has 2 aliphatic heterocycles. The van der Waals surface area contributed by atoms with Crippen LogP contribution in [-0.4, -0.2) is 16.9 Å². The number of rotatable bonds is 3. The summed E-state index contributed by atoms with van der Waals surface area (Å²) in [4.78, 5) is 30.6. The molecule has 2 aliphatic rings. The van der Waals surface area contributed by atoms with Crippen molar-refractivity contribution in [2.24, 2.45) is 0 Å². The lowest BCUT2D eigenvalue weighted by molar-refractivity contribution is -0.136. The van der Waals surface area contributed by atoms with Crippen molar-refractivity contribution in [3.63, 3.8) is 0 Å². The second-order valence-corrected chi connectivity index (χ2v) is 9.23. The predicted octanol–water partition coefficient (Wildman–Crippen LogP) is 6.63. The summed E-state index contributed by atoms with van der Waals surface area (Å²) in [7, 11) is 0. The first-order valence-corrected chi connectivity index (χ1v) is 11.6. The van der Waals surface area contributed by atoms with Crippen molar-refractivity contribution in [1.82, 2.24) is 10.3 Å². The third kappa shape index (κ3) is 3.73. The number of pyridine rings is 1. The van der Waals surface area contributed by atoms with Crippen LogP contribution < -0.4 is 15.5 Å². The Kier molecular flexibility index (Phi) is 5.32. The molecule has 0 spiro atoms. The highest BCUT2D eigenvalue weighted by Gasteiger charge is 2.43. The van der Waals surface area contributed by atoms with Gasteiger partial charge in [0.25, 0.3) is 0 Å². The quantitative estimate of drug-likeness (QED) is 0.284. The number of imide groups is 1. The Morgan fingerprint density at radius 1 is 1.00 bits per heavy atom. The number of alkyl halides is 3. The molecule has 0 saturated heterocycles. The number of carbonyl (C=O) groups excluding carboxylic acids is 2. The minimum absolute atomic E-state index is 0.0632. The normalized spacial score (nSPS) is 16.6. The van der Waals surface area contributed by atoms with E-state index in [0.29, 0.717) is 17.2 Å². The Balaban J connectivity index is 1.57. The number of hydrogen-bond donors (Lipinski definition) is 2. The van der Waals surface area contributed by atoms with Gasteiger partial charge < -0.3 is 10.6 Å². The number of fused-ring (bicyclic) bond motifs is 1. The average Bonchev–Trinajstić information content (AvgIpc) is 3.20. The van der Waals surface area contributed by atoms with Gasteiger partial charge in [0, 0.05) is 33.4 Å². The Morgan fingerprint density at radius 2 is 1.79 bits per heavy atom. The van der Waals surface area contributed by atoms with E-state index in [4.69, 9.17) is 11.6 Å². The van der Waals surface area contributed by atoms with Gasteiger partial charge in [0.1, 0.15) is 17.5 Å². The van der Waals surface area contributed by atoms with Crippen molar-refractivity contribution >= 4 is 51.5 Å². The molecule has 1 atom stereocenters. The fourth-order valence-electron chi connectivity index (χ4n) is 4.98. The molecule has 3 heterocycles. The highest BCUT2D eigenvalue weighted by Crippen LogP contribution is 2.47. The maximum atomic E-state index is 14.3. The van der Waals surface area contributed by atoms with E-state index in [1.807, 2.05) is 0 Å². The van der Waals surface area contributed by atoms with Crippen molar-refractivity contribution in [3.8, 4) is 0 Å². The molecule has 192 valence electrons. The molecule has 0 saturated carbocycles. The zero-order valence-electron chi connectivity index (χ0n) is 19.0. The first kappa shape index (κ1) is 24.1. The van der Waals surface area contributed by atoms with Crippen LogP contribution >= 0.6 is 11.6 Å². The maximum absolute atomic E-state index is 14.3. The Labute approximate surface area is 216 Å². The largest absolute Gasteiger partial charge is 0.417 e. The Hall–Kier alpha value is -4.25. The summed E-state index contributed by atoms with van der Waals surface area (Å²) in [6.45, 7) is 0. The van der Waals surface area contributed by atoms with Crippen molar-refractivity contribution in [3.05, 3.63) is 93.6 Å². The van der Waals surface area contributed by atoms with Crippen LogP contribution in [0.3, 0.4) is 0 Å². The van der Waals surface area contributed by atoms with E-state index in [0.717, 1.165) is 35.4 Å². The van der Waals surface area contributed by atoms with E-state index in [-0.39, 0.29) is 45.0 Å². The fourth-order valence-corrected chi connectivity index (χ4v) is 5.21. The molecule has 6 nitrogen and oxygen atoms in total. The molecule has 1 unspecified atom stereocenters. The van der Waals surface area contributed by atoms with Crippen LogP contribution in [0.1, 0.15) is 28.3 Å². The van der Waals surface area contributed by atoms with Crippen molar-refractivity contribution in [2.75, 3.05) is 10.2 Å². The average molecular weight is 545 g/mol. The first-order valence-electron chi connectivity index (χ1n) is 11.2. The van der Waals surface area contributed by atoms with Crippen LogP contribution in [0.5, 0.6) is 0 Å². The Bertz CT molecular complexity index is 1690. The van der Waals surface area contributed by atoms with Gasteiger partial charge in [-0.05, 0) is 53.4 Å². The number of halogens is 6. The molecule has 1 aromatic heterocycles. The SMILES string of the molecule is O=C1Cc2ccc(Nc3nccc4c(C(F)(F)F)cc(F)cc34)c3c2N1C(=O)NC3c1cc(F)ccc1Cl. The summed E-state index contributed by atoms with van der Waals surface area (Å²) in [5, 5.41) is 5.34. The van der Waals surface area contributed by atoms with Crippen molar-refractivity contribution in [1.29, 1.82) is 0 Å². The monoisotopic (exact) mass is 544 g/mol. The number of benzene rings is 3. The smallest absolute Gasteiger partial charge is 0.339 e. The van der Waals surface area contributed by atoms with E-state index in [1.165, 1.54) is 6.07 Å². The van der Waals surface area contributed by atoms with Gasteiger partial charge in [0.05, 0.1) is 23.7 Å². The van der Waals surface area contributed by atoms with Gasteiger partial charge in [-0.1, -0.05) is 17.7 Å². The van der Waals surface area contributed by atoms with E-state index in [2.05, 4.69) is 15.6 Å². The van der Waals surface area contributed by atoms with Gasteiger partial charge in [-0.3, -0.25) is 4.79 Å². The molecule has 3 aromatic carbocycles. The lowest BCUT2D eigenvalue weighted by Crippen LogP contribution is -2.48. The molecule has 0 bridgehead atoms. The molecular weight excluding hydrogens is 531 g/mol. The van der Waals surface area contributed by atoms with Crippen molar-refractivity contribution in [2.45, 2.75) is 18.6 Å². The van der Waals surface area contributed by atoms with E-state index < -0.39 is 41.4 Å². The minimum Gasteiger partial charge on any atom is -0.339 e. The minimum atomic E-state index is -4.82. The summed E-state index contributed by atoms with van der Waals surface area (Å²) in [6, 6.07) is 7.47. The second-order valence-electron chi connectivity index (χ2n) is 8.82. The van der Waals surface area contributed by atoms with Gasteiger partial charge in [-0.25, -0.2) is 23.5 Å². The van der Waals surface area contributed by atoms with Gasteiger partial charge in [0.2, 0.25) is 5.91 Å². The van der Waals surface area contributed by atoms with Crippen LogP contribution in [0.2, 0.25) is 5.02 Å². The lowest BCUT2D eigenvalue weighted by Gasteiger charge is -2.34. The molecule has 6 rings (SSSR count). The number of aromatic nitrogens is 1. The summed E-state index contributed by atoms with van der Waals surface area (Å²) < 4.78 is 69.4. The third-order valence-electron chi connectivity index (χ3n) is 6.55. The van der Waals surface area contributed by atoms with Gasteiger partial charge in [-0.15, -0.1) is 0 Å². The molecular formula is C26H14ClF5N4O2. The first-order chi connectivity index (χ1) is 18.0. The zero-order chi connectivity index (χ0) is 26.9. The molecule has 0 aliphatic carbocycles. The molecule has 38 heavy (non-hydrogen) atoms. The molecule has 4 aromatic rings. The van der Waals surface area contributed by atoms with Gasteiger partial charge in [0.15, 0.2) is 0 Å². The number of nitrogens with zero attached hydrogens (tertiary/aromatic N) is 2. The standard InChI is InChI=1S/C26H14ClF5N4O2/c27-18-3-2-12(28)8-16(18)22-21-19(4-1-11-7-20(37)36(23(11)21)25(38)35-22)34-24-15-9-13(29)10-17(26(30,31)32)14(15)5-6-33-24/h1-6,8-10,22H,7H2,(H,33,34)(H,35,38). The van der Waals surface area contributed by atoms with E-state index in [1.54, 1.807) is 12.1 Å². The third-order valence-corrected chi connectivity index (χ3v) is 6.89. The summed E-state index contributed by atoms with van der Waals surface area (Å²) in [5.74, 6) is -2.31. The number of nitrogens with one attached hydrogen (secondary N) is 2. The summed E-state index contributed by atoms with van der Waals surface area (Å²) in [6.07, 6.45) is -3.73. The van der Waals surface area contributed by atoms with Gasteiger partial charge >= 0.3 is 12.2 Å². The van der Waals surface area contributed by atoms with Crippen LogP contribution in [0.4, 0.5) is 43.9 Å². The number of anilines is 3. The highest BCUT2D eigenvalue weighted by atomic mass is 35.5. The Morgan fingerprint density at radius 3 is 2.55 bits per heavy atom. The molecule has 12 heteroatoms. The molecule has 3 amide bonds. The number of carbonyl (C=O) groups is 2. The number of urea groups is 1. The van der Waals surface area contributed by atoms with Gasteiger partial charge in [-0.2, -0.15) is 13.2 Å². The second kappa shape index (κ2) is 8.38. The number of hydrogen-bond acceptors (Lipinski definition) is 4. The summed E-state index contributed by atoms with van der Waals surface area (Å²) in [5.41, 5.74) is 0.391. The zero-order valence-corrected chi connectivity index (χ0v) is 19.7. The van der Waals surface area contributed by atoms with Crippen molar-refractivity contribution < 1.29 is 31.5 Å². The molecule has 0 radical (unpaired) electrons. The van der Waals surface area contributed by atoms with Crippen LogP contribution in [0.25, 0.3) is 10.8 Å². The van der Waals surface area contributed by atoms with Crippen LogP contribution in [0.15, 0.2) is 54.7 Å². The molecule has 0 fully saturated rings. The fraction of sp³-hybridized carbons (Fsp3) is 0.115. The predicted molar refractivity (Wildman–Crippen MR) is 129 cm³/mol. The maximum Gasteiger partial charge on any atom is 0.417 e. The summed E-state index contributed by atoms with van der Waals surface area (Å²) >= 11 is 6.35. The van der Waals surface area contributed by atoms with Crippen LogP contribution in [0, 0.1) is 11.6 Å². The van der Waals surface area contributed by atoms with E-state index in [9.17, 15) is 31.5 Å². The topological polar surface area (TPSA) is 74.3 Å². The van der Waals surface area contributed by atoms with Crippen LogP contribution in [-0.2, 0) is 17.4 Å². The highest BCUT2D eigenvalue weighted by molar-refractivity contribution is 6.31. The lowest BCUT2D eigenvalue weighted by atomic mass is 9.91. The van der Waals surface area contributed by atoms with E-state index >= 15 is 0 Å².